The molecule has 0 saturated heterocycles. The molecule has 1 amide bonds. The Kier molecular flexibility index (Phi) is 8.11. The number of benzene rings is 1. The molecule has 0 bridgehead atoms. The largest absolute Gasteiger partial charge is 0.493 e. The van der Waals surface area contributed by atoms with E-state index in [-0.39, 0.29) is 5.91 Å². The Balaban J connectivity index is 2.22. The lowest BCUT2D eigenvalue weighted by Gasteiger charge is -2.15. The zero-order valence-electron chi connectivity index (χ0n) is 16.3. The molecule has 8 nitrogen and oxygen atoms in total. The minimum Gasteiger partial charge on any atom is -0.493 e. The molecule has 150 valence electrons. The Bertz CT molecular complexity index is 799. The summed E-state index contributed by atoms with van der Waals surface area (Å²) in [5.74, 6) is 1.96. The number of pyridine rings is 1. The van der Waals surface area contributed by atoms with E-state index in [1.807, 2.05) is 6.07 Å². The number of amides is 1. The Morgan fingerprint density at radius 3 is 2.50 bits per heavy atom. The molecule has 0 aliphatic rings. The summed E-state index contributed by atoms with van der Waals surface area (Å²) in [6.45, 7) is 1.08. The molecule has 0 aliphatic carbocycles. The highest BCUT2D eigenvalue weighted by Crippen LogP contribution is 2.40. The zero-order chi connectivity index (χ0) is 20.4. The second-order valence-corrected chi connectivity index (χ2v) is 5.75. The number of methoxy groups -OCH3 is 3. The van der Waals surface area contributed by atoms with Crippen LogP contribution in [0.5, 0.6) is 17.2 Å². The molecular formula is C20H26N4O4. The van der Waals surface area contributed by atoms with E-state index in [1.54, 1.807) is 51.8 Å². The molecule has 2 aromatic rings. The van der Waals surface area contributed by atoms with Crippen LogP contribution in [0, 0.1) is 0 Å². The van der Waals surface area contributed by atoms with Crippen LogP contribution in [0.1, 0.15) is 12.0 Å². The summed E-state index contributed by atoms with van der Waals surface area (Å²) in [4.78, 5) is 16.2. The van der Waals surface area contributed by atoms with Gasteiger partial charge in [-0.05, 0) is 31.2 Å². The van der Waals surface area contributed by atoms with Gasteiger partial charge in [0.25, 0.3) is 0 Å². The van der Waals surface area contributed by atoms with Crippen LogP contribution in [0.3, 0.4) is 0 Å². The van der Waals surface area contributed by atoms with Crippen LogP contribution in [0.15, 0.2) is 36.5 Å². The molecule has 1 aromatic carbocycles. The highest BCUT2D eigenvalue weighted by Gasteiger charge is 2.14. The van der Waals surface area contributed by atoms with Crippen LogP contribution in [-0.4, -0.2) is 45.3 Å². The van der Waals surface area contributed by atoms with Crippen LogP contribution >= 0.6 is 0 Å². The van der Waals surface area contributed by atoms with E-state index >= 15 is 0 Å². The summed E-state index contributed by atoms with van der Waals surface area (Å²) in [6.07, 6.45) is 5.57. The second-order valence-electron chi connectivity index (χ2n) is 5.75. The van der Waals surface area contributed by atoms with Gasteiger partial charge < -0.3 is 30.6 Å². The van der Waals surface area contributed by atoms with Crippen LogP contribution in [0.2, 0.25) is 0 Å². The summed E-state index contributed by atoms with van der Waals surface area (Å²) >= 11 is 0. The molecule has 0 spiro atoms. The van der Waals surface area contributed by atoms with Crippen molar-refractivity contribution in [2.75, 3.05) is 39.7 Å². The minimum atomic E-state index is -0.184. The predicted molar refractivity (Wildman–Crippen MR) is 109 cm³/mol. The maximum atomic E-state index is 11.9. The number of rotatable bonds is 10. The Morgan fingerprint density at radius 2 is 1.89 bits per heavy atom. The average Bonchev–Trinajstić information content (AvgIpc) is 2.72. The van der Waals surface area contributed by atoms with E-state index in [2.05, 4.69) is 15.6 Å². The number of hydrogen-bond donors (Lipinski definition) is 3. The van der Waals surface area contributed by atoms with Crippen molar-refractivity contribution in [1.29, 1.82) is 0 Å². The van der Waals surface area contributed by atoms with Gasteiger partial charge in [-0.25, -0.2) is 4.98 Å². The van der Waals surface area contributed by atoms with Gasteiger partial charge in [0.2, 0.25) is 11.7 Å². The molecule has 8 heteroatoms. The molecule has 1 heterocycles. The second kappa shape index (κ2) is 10.8. The van der Waals surface area contributed by atoms with Gasteiger partial charge in [0.05, 0.1) is 21.3 Å². The molecule has 0 aliphatic heterocycles. The van der Waals surface area contributed by atoms with Gasteiger partial charge in [-0.1, -0.05) is 0 Å². The molecule has 4 N–H and O–H groups in total. The van der Waals surface area contributed by atoms with Crippen molar-refractivity contribution >= 4 is 23.5 Å². The highest BCUT2D eigenvalue weighted by atomic mass is 16.5. The third kappa shape index (κ3) is 5.62. The Labute approximate surface area is 164 Å². The maximum absolute atomic E-state index is 11.9. The SMILES string of the molecule is COc1cc(Nc2ncccc2/C=C/C(=O)NCCCN)cc(OC)c1OC. The van der Waals surface area contributed by atoms with Gasteiger partial charge in [-0.15, -0.1) is 0 Å². The first-order chi connectivity index (χ1) is 13.6. The maximum Gasteiger partial charge on any atom is 0.244 e. The van der Waals surface area contributed by atoms with Crippen molar-refractivity contribution < 1.29 is 19.0 Å². The number of nitrogens with zero attached hydrogens (tertiary/aromatic N) is 1. The molecule has 2 rings (SSSR count). The lowest BCUT2D eigenvalue weighted by atomic mass is 10.2. The zero-order valence-corrected chi connectivity index (χ0v) is 16.3. The standard InChI is InChI=1S/C20H26N4O4/c1-26-16-12-15(13-17(27-2)19(16)28-3)24-20-14(6-4-10-23-20)7-8-18(25)22-11-5-9-21/h4,6-8,10,12-13H,5,9,11,21H2,1-3H3,(H,22,25)(H,23,24)/b8-7+. The van der Waals surface area contributed by atoms with Crippen molar-refractivity contribution in [3.63, 3.8) is 0 Å². The van der Waals surface area contributed by atoms with E-state index in [1.165, 1.54) is 6.08 Å². The van der Waals surface area contributed by atoms with Crippen molar-refractivity contribution in [3.8, 4) is 17.2 Å². The van der Waals surface area contributed by atoms with E-state index in [0.717, 1.165) is 12.0 Å². The van der Waals surface area contributed by atoms with E-state index in [0.29, 0.717) is 41.8 Å². The summed E-state index contributed by atoms with van der Waals surface area (Å²) in [6, 6.07) is 7.22. The van der Waals surface area contributed by atoms with E-state index < -0.39 is 0 Å². The topological polar surface area (TPSA) is 108 Å². The fourth-order valence-corrected chi connectivity index (χ4v) is 2.48. The third-order valence-corrected chi connectivity index (χ3v) is 3.86. The van der Waals surface area contributed by atoms with Crippen molar-refractivity contribution in [2.24, 2.45) is 5.73 Å². The molecule has 0 fully saturated rings. The van der Waals surface area contributed by atoms with Crippen LogP contribution in [0.4, 0.5) is 11.5 Å². The molecular weight excluding hydrogens is 360 g/mol. The smallest absolute Gasteiger partial charge is 0.244 e. The van der Waals surface area contributed by atoms with Gasteiger partial charge >= 0.3 is 0 Å². The number of carbonyl (C=O) groups excluding carboxylic acids is 1. The third-order valence-electron chi connectivity index (χ3n) is 3.86. The monoisotopic (exact) mass is 386 g/mol. The van der Waals surface area contributed by atoms with Gasteiger partial charge in [0.1, 0.15) is 5.82 Å². The number of nitrogens with one attached hydrogen (secondary N) is 2. The Morgan fingerprint density at radius 1 is 1.18 bits per heavy atom. The first-order valence-electron chi connectivity index (χ1n) is 8.81. The number of anilines is 2. The van der Waals surface area contributed by atoms with Gasteiger partial charge in [0, 0.05) is 42.2 Å². The summed E-state index contributed by atoms with van der Waals surface area (Å²) in [5, 5.41) is 6.00. The number of hydrogen-bond acceptors (Lipinski definition) is 7. The normalized spacial score (nSPS) is 10.6. The first kappa shape index (κ1) is 21.0. The van der Waals surface area contributed by atoms with Gasteiger partial charge in [0.15, 0.2) is 11.5 Å². The van der Waals surface area contributed by atoms with Crippen LogP contribution in [-0.2, 0) is 4.79 Å². The van der Waals surface area contributed by atoms with Crippen molar-refractivity contribution in [3.05, 3.63) is 42.1 Å². The fraction of sp³-hybridized carbons (Fsp3) is 0.300. The van der Waals surface area contributed by atoms with Crippen LogP contribution in [0.25, 0.3) is 6.08 Å². The van der Waals surface area contributed by atoms with Crippen molar-refractivity contribution in [1.82, 2.24) is 10.3 Å². The Hall–Kier alpha value is -3.26. The molecule has 0 unspecified atom stereocenters. The summed E-state index contributed by atoms with van der Waals surface area (Å²) in [5.41, 5.74) is 6.88. The molecule has 0 saturated carbocycles. The highest BCUT2D eigenvalue weighted by molar-refractivity contribution is 5.92. The van der Waals surface area contributed by atoms with Gasteiger partial charge in [-0.2, -0.15) is 0 Å². The lowest BCUT2D eigenvalue weighted by molar-refractivity contribution is -0.116. The average molecular weight is 386 g/mol. The first-order valence-corrected chi connectivity index (χ1v) is 8.81. The van der Waals surface area contributed by atoms with Crippen molar-refractivity contribution in [2.45, 2.75) is 6.42 Å². The molecule has 0 atom stereocenters. The lowest BCUT2D eigenvalue weighted by Crippen LogP contribution is -2.23. The van der Waals surface area contributed by atoms with E-state index in [9.17, 15) is 4.79 Å². The number of aromatic nitrogens is 1. The summed E-state index contributed by atoms with van der Waals surface area (Å²) < 4.78 is 16.1. The number of carbonyl (C=O) groups is 1. The van der Waals surface area contributed by atoms with Crippen LogP contribution < -0.4 is 30.6 Å². The fourth-order valence-electron chi connectivity index (χ4n) is 2.48. The summed E-state index contributed by atoms with van der Waals surface area (Å²) in [7, 11) is 4.66. The van der Waals surface area contributed by atoms with Gasteiger partial charge in [-0.3, -0.25) is 4.79 Å². The molecule has 28 heavy (non-hydrogen) atoms. The minimum absolute atomic E-state index is 0.184. The van der Waals surface area contributed by atoms with E-state index in [4.69, 9.17) is 19.9 Å². The quantitative estimate of drug-likeness (QED) is 0.425. The molecule has 1 aromatic heterocycles. The number of ether oxygens (including phenoxy) is 3. The number of nitrogens with two attached hydrogens (primary N) is 1. The predicted octanol–water partition coefficient (Wildman–Crippen LogP) is 2.33. The molecule has 0 radical (unpaired) electrons.